The Hall–Kier alpha value is -5.24. The highest BCUT2D eigenvalue weighted by Crippen LogP contribution is 2.31. The largest absolute Gasteiger partial charge is 0.497 e. The molecule has 0 bridgehead atoms. The van der Waals surface area contributed by atoms with Gasteiger partial charge in [0, 0.05) is 12.2 Å². The number of methoxy groups -OCH3 is 1. The lowest BCUT2D eigenvalue weighted by molar-refractivity contribution is -0.139. The Kier molecular flexibility index (Phi) is 7.92. The van der Waals surface area contributed by atoms with Crippen molar-refractivity contribution in [3.8, 4) is 5.75 Å². The molecule has 8 nitrogen and oxygen atoms in total. The fourth-order valence-corrected chi connectivity index (χ4v) is 4.92. The smallest absolute Gasteiger partial charge is 0.299 e. The molecular formula is C33H29N3O5. The summed E-state index contributed by atoms with van der Waals surface area (Å²) in [6.07, 6.45) is 0. The molecule has 4 aromatic carbocycles. The molecule has 1 unspecified atom stereocenters. The second-order valence-electron chi connectivity index (χ2n) is 9.72. The van der Waals surface area contributed by atoms with Crippen molar-refractivity contribution in [3.63, 3.8) is 0 Å². The molecule has 1 aliphatic rings. The number of anilines is 2. The first-order valence-electron chi connectivity index (χ1n) is 13.2. The number of rotatable bonds is 9. The van der Waals surface area contributed by atoms with Crippen LogP contribution in [0.5, 0.6) is 5.75 Å². The molecule has 0 saturated carbocycles. The van der Waals surface area contributed by atoms with Crippen LogP contribution < -0.4 is 15.0 Å². The number of hydrogen-bond donors (Lipinski definition) is 1. The van der Waals surface area contributed by atoms with E-state index in [-0.39, 0.29) is 12.1 Å². The molecule has 0 aliphatic carbocycles. The van der Waals surface area contributed by atoms with E-state index in [2.05, 4.69) is 5.32 Å². The molecule has 3 amide bonds. The van der Waals surface area contributed by atoms with Crippen molar-refractivity contribution in [2.24, 2.45) is 0 Å². The van der Waals surface area contributed by atoms with Gasteiger partial charge in [-0.2, -0.15) is 0 Å². The highest BCUT2D eigenvalue weighted by Gasteiger charge is 2.39. The topological polar surface area (TPSA) is 96.0 Å². The van der Waals surface area contributed by atoms with E-state index in [0.29, 0.717) is 22.7 Å². The first-order valence-corrected chi connectivity index (χ1v) is 13.2. The van der Waals surface area contributed by atoms with Gasteiger partial charge >= 0.3 is 0 Å². The average molecular weight is 548 g/mol. The van der Waals surface area contributed by atoms with Crippen LogP contribution in [0.25, 0.3) is 0 Å². The van der Waals surface area contributed by atoms with Gasteiger partial charge in [-0.05, 0) is 60.0 Å². The minimum absolute atomic E-state index is 0.110. The summed E-state index contributed by atoms with van der Waals surface area (Å²) in [6, 6.07) is 29.1. The molecule has 0 aromatic heterocycles. The maximum Gasteiger partial charge on any atom is 0.299 e. The van der Waals surface area contributed by atoms with E-state index in [1.54, 1.807) is 79.9 Å². The van der Waals surface area contributed by atoms with Crippen molar-refractivity contribution in [1.29, 1.82) is 0 Å². The van der Waals surface area contributed by atoms with Gasteiger partial charge in [-0.25, -0.2) is 0 Å². The molecule has 0 saturated heterocycles. The lowest BCUT2D eigenvalue weighted by atomic mass is 10.0. The van der Waals surface area contributed by atoms with E-state index in [0.717, 1.165) is 11.1 Å². The molecule has 0 radical (unpaired) electrons. The van der Waals surface area contributed by atoms with E-state index < -0.39 is 36.1 Å². The number of fused-ring (bicyclic) bond motifs is 1. The van der Waals surface area contributed by atoms with E-state index in [4.69, 9.17) is 4.74 Å². The zero-order valence-electron chi connectivity index (χ0n) is 22.7. The third-order valence-corrected chi connectivity index (χ3v) is 7.13. The molecule has 4 aromatic rings. The molecule has 0 fully saturated rings. The van der Waals surface area contributed by atoms with Gasteiger partial charge in [-0.1, -0.05) is 66.7 Å². The van der Waals surface area contributed by atoms with Crippen LogP contribution in [-0.2, 0) is 20.9 Å². The number of amides is 3. The van der Waals surface area contributed by atoms with Crippen LogP contribution in [0.2, 0.25) is 0 Å². The van der Waals surface area contributed by atoms with E-state index in [1.165, 1.54) is 9.80 Å². The number of nitrogens with zero attached hydrogens (tertiary/aromatic N) is 2. The number of Topliss-reactive ketones (excluding diaryl/α,β-unsaturated/α-hetero) is 1. The summed E-state index contributed by atoms with van der Waals surface area (Å²) in [5.41, 5.74) is 3.57. The highest BCUT2D eigenvalue weighted by molar-refractivity contribution is 6.52. The quantitative estimate of drug-likeness (QED) is 0.300. The number of nitrogens with one attached hydrogen (secondary N) is 1. The van der Waals surface area contributed by atoms with Crippen LogP contribution in [0.15, 0.2) is 103 Å². The summed E-state index contributed by atoms with van der Waals surface area (Å²) in [5.74, 6) is -1.69. The number of ketones is 1. The van der Waals surface area contributed by atoms with Gasteiger partial charge in [0.25, 0.3) is 17.6 Å². The minimum Gasteiger partial charge on any atom is -0.497 e. The molecule has 8 heteroatoms. The third kappa shape index (κ3) is 5.72. The van der Waals surface area contributed by atoms with Crippen LogP contribution >= 0.6 is 0 Å². The number of ether oxygens (including phenoxy) is 1. The molecule has 5 rings (SSSR count). The lowest BCUT2D eigenvalue weighted by Crippen LogP contribution is -2.46. The Balaban J connectivity index is 1.53. The van der Waals surface area contributed by atoms with Crippen molar-refractivity contribution in [2.45, 2.75) is 19.5 Å². The number of hydrogen-bond acceptors (Lipinski definition) is 5. The van der Waals surface area contributed by atoms with E-state index in [9.17, 15) is 19.2 Å². The predicted molar refractivity (Wildman–Crippen MR) is 156 cm³/mol. The summed E-state index contributed by atoms with van der Waals surface area (Å²) < 4.78 is 5.22. The Bertz CT molecular complexity index is 1600. The van der Waals surface area contributed by atoms with Crippen molar-refractivity contribution in [2.75, 3.05) is 23.9 Å². The van der Waals surface area contributed by atoms with Crippen LogP contribution in [0.1, 0.15) is 33.1 Å². The summed E-state index contributed by atoms with van der Waals surface area (Å²) in [7, 11) is 1.56. The standard InChI is InChI=1S/C33H29N3O5/c1-22-10-6-7-13-24(22)20-36(29(37)21-35-28-15-9-8-14-27(28)31(38)33(35)40)30(23-11-4-3-5-12-23)32(39)34-25-16-18-26(41-2)19-17-25/h3-19,30H,20-21H2,1-2H3,(H,34,39). The van der Waals surface area contributed by atoms with Crippen LogP contribution in [0.3, 0.4) is 0 Å². The molecule has 1 atom stereocenters. The molecular weight excluding hydrogens is 518 g/mol. The van der Waals surface area contributed by atoms with Gasteiger partial charge in [0.1, 0.15) is 18.3 Å². The minimum atomic E-state index is -1.03. The molecule has 206 valence electrons. The number of para-hydroxylation sites is 1. The van der Waals surface area contributed by atoms with Gasteiger partial charge in [-0.3, -0.25) is 24.1 Å². The number of benzene rings is 4. The Morgan fingerprint density at radius 1 is 0.854 bits per heavy atom. The monoisotopic (exact) mass is 547 g/mol. The maximum atomic E-state index is 14.2. The summed E-state index contributed by atoms with van der Waals surface area (Å²) in [6.45, 7) is 1.65. The molecule has 0 spiro atoms. The van der Waals surface area contributed by atoms with Crippen molar-refractivity contribution in [3.05, 3.63) is 125 Å². The number of carbonyl (C=O) groups is 4. The summed E-state index contributed by atoms with van der Waals surface area (Å²) in [5, 5.41) is 2.93. The van der Waals surface area contributed by atoms with Gasteiger partial charge in [0.05, 0.1) is 18.4 Å². The highest BCUT2D eigenvalue weighted by atomic mass is 16.5. The summed E-state index contributed by atoms with van der Waals surface area (Å²) in [4.78, 5) is 56.3. The van der Waals surface area contributed by atoms with Crippen molar-refractivity contribution >= 4 is 34.9 Å². The fourth-order valence-electron chi connectivity index (χ4n) is 4.92. The van der Waals surface area contributed by atoms with Gasteiger partial charge in [0.15, 0.2) is 0 Å². The molecule has 1 heterocycles. The zero-order valence-corrected chi connectivity index (χ0v) is 22.7. The van der Waals surface area contributed by atoms with Crippen molar-refractivity contribution in [1.82, 2.24) is 4.90 Å². The molecule has 41 heavy (non-hydrogen) atoms. The number of carbonyl (C=O) groups excluding carboxylic acids is 4. The van der Waals surface area contributed by atoms with Gasteiger partial charge in [-0.15, -0.1) is 0 Å². The Morgan fingerprint density at radius 3 is 2.22 bits per heavy atom. The second kappa shape index (κ2) is 11.9. The molecule has 1 N–H and O–H groups in total. The predicted octanol–water partition coefficient (Wildman–Crippen LogP) is 4.94. The van der Waals surface area contributed by atoms with Crippen LogP contribution in [0, 0.1) is 6.92 Å². The van der Waals surface area contributed by atoms with Gasteiger partial charge in [0.2, 0.25) is 5.91 Å². The Morgan fingerprint density at radius 2 is 1.51 bits per heavy atom. The van der Waals surface area contributed by atoms with Crippen LogP contribution in [-0.4, -0.2) is 42.1 Å². The first-order chi connectivity index (χ1) is 19.9. The molecule has 1 aliphatic heterocycles. The average Bonchev–Trinajstić information content (AvgIpc) is 3.23. The lowest BCUT2D eigenvalue weighted by Gasteiger charge is -2.33. The SMILES string of the molecule is COc1ccc(NC(=O)C(c2ccccc2)N(Cc2ccccc2C)C(=O)CN2C(=O)C(=O)c3ccccc32)cc1. The van der Waals surface area contributed by atoms with Gasteiger partial charge < -0.3 is 15.0 Å². The third-order valence-electron chi connectivity index (χ3n) is 7.13. The van der Waals surface area contributed by atoms with E-state index >= 15 is 0 Å². The Labute approximate surface area is 238 Å². The summed E-state index contributed by atoms with van der Waals surface area (Å²) >= 11 is 0. The zero-order chi connectivity index (χ0) is 28.9. The first kappa shape index (κ1) is 27.3. The fraction of sp³-hybridized carbons (Fsp3) is 0.152. The normalized spacial score (nSPS) is 13.0. The van der Waals surface area contributed by atoms with E-state index in [1.807, 2.05) is 37.3 Å². The maximum absolute atomic E-state index is 14.2. The number of aryl methyl sites for hydroxylation is 1. The second-order valence-corrected chi connectivity index (χ2v) is 9.72. The van der Waals surface area contributed by atoms with Crippen molar-refractivity contribution < 1.29 is 23.9 Å². The van der Waals surface area contributed by atoms with Crippen LogP contribution in [0.4, 0.5) is 11.4 Å².